The van der Waals surface area contributed by atoms with Crippen LogP contribution in [0.3, 0.4) is 0 Å². The predicted octanol–water partition coefficient (Wildman–Crippen LogP) is 4.41. The molecule has 0 amide bonds. The summed E-state index contributed by atoms with van der Waals surface area (Å²) >= 11 is 0. The SMILES string of the molecule is OCCCc1nc2ccccc2n1CC(O)COC(c1ccc(F)cc1)c1ccc(F)cc1. The van der Waals surface area contributed by atoms with E-state index in [0.717, 1.165) is 16.9 Å². The first kappa shape index (κ1) is 23.0. The highest BCUT2D eigenvalue weighted by Crippen LogP contribution is 2.27. The first-order chi connectivity index (χ1) is 16.0. The van der Waals surface area contributed by atoms with Crippen molar-refractivity contribution in [3.8, 4) is 0 Å². The normalized spacial score (nSPS) is 12.5. The molecule has 0 saturated heterocycles. The second kappa shape index (κ2) is 10.7. The van der Waals surface area contributed by atoms with Gasteiger partial charge in [-0.1, -0.05) is 36.4 Å². The fourth-order valence-electron chi connectivity index (χ4n) is 3.89. The molecule has 0 bridgehead atoms. The first-order valence-corrected chi connectivity index (χ1v) is 10.9. The van der Waals surface area contributed by atoms with Gasteiger partial charge in [0.05, 0.1) is 30.3 Å². The van der Waals surface area contributed by atoms with E-state index in [1.807, 2.05) is 28.8 Å². The number of fused-ring (bicyclic) bond motifs is 1. The highest BCUT2D eigenvalue weighted by molar-refractivity contribution is 5.75. The maximum atomic E-state index is 13.4. The van der Waals surface area contributed by atoms with Crippen LogP contribution in [0.15, 0.2) is 72.8 Å². The van der Waals surface area contributed by atoms with E-state index in [2.05, 4.69) is 4.98 Å². The van der Waals surface area contributed by atoms with Gasteiger partial charge in [0.15, 0.2) is 0 Å². The average molecular weight is 453 g/mol. The topological polar surface area (TPSA) is 67.5 Å². The van der Waals surface area contributed by atoms with Crippen LogP contribution in [0.25, 0.3) is 11.0 Å². The lowest BCUT2D eigenvalue weighted by atomic mass is 10.0. The summed E-state index contributed by atoms with van der Waals surface area (Å²) in [6, 6.07) is 19.5. The Labute approximate surface area is 190 Å². The monoisotopic (exact) mass is 452 g/mol. The number of benzene rings is 3. The number of aliphatic hydroxyl groups excluding tert-OH is 2. The number of hydrogen-bond donors (Lipinski definition) is 2. The molecule has 0 aliphatic rings. The highest BCUT2D eigenvalue weighted by Gasteiger charge is 2.19. The molecule has 2 N–H and O–H groups in total. The number of halogens is 2. The van der Waals surface area contributed by atoms with Crippen LogP contribution >= 0.6 is 0 Å². The molecule has 5 nitrogen and oxygen atoms in total. The Hall–Kier alpha value is -3.13. The standard InChI is InChI=1S/C26H26F2N2O3/c27-20-11-7-18(8-12-20)26(19-9-13-21(28)14-10-19)33-17-22(32)16-30-24-5-2-1-4-23(24)29-25(30)6-3-15-31/h1-2,4-5,7-14,22,26,31-32H,3,6,15-17H2. The van der Waals surface area contributed by atoms with Crippen LogP contribution in [0.2, 0.25) is 0 Å². The number of rotatable bonds is 10. The zero-order chi connectivity index (χ0) is 23.2. The van der Waals surface area contributed by atoms with Crippen LogP contribution in [-0.2, 0) is 17.7 Å². The van der Waals surface area contributed by atoms with Crippen molar-refractivity contribution in [2.24, 2.45) is 0 Å². The van der Waals surface area contributed by atoms with Crippen LogP contribution in [0.1, 0.15) is 29.5 Å². The molecule has 33 heavy (non-hydrogen) atoms. The minimum Gasteiger partial charge on any atom is -0.396 e. The second-order valence-corrected chi connectivity index (χ2v) is 7.92. The Balaban J connectivity index is 1.52. The molecule has 4 rings (SSSR count). The smallest absolute Gasteiger partial charge is 0.123 e. The summed E-state index contributed by atoms with van der Waals surface area (Å²) in [6.07, 6.45) is -0.271. The quantitative estimate of drug-likeness (QED) is 0.374. The van der Waals surface area contributed by atoms with Crippen molar-refractivity contribution >= 4 is 11.0 Å². The van der Waals surface area contributed by atoms with Crippen molar-refractivity contribution < 1.29 is 23.7 Å². The van der Waals surface area contributed by atoms with Gasteiger partial charge in [-0.05, 0) is 53.9 Å². The maximum absolute atomic E-state index is 13.4. The number of hydrogen-bond acceptors (Lipinski definition) is 4. The van der Waals surface area contributed by atoms with E-state index < -0.39 is 12.2 Å². The number of aliphatic hydroxyl groups is 2. The minimum atomic E-state index is -0.848. The minimum absolute atomic E-state index is 0.00532. The third kappa shape index (κ3) is 5.63. The third-order valence-corrected chi connectivity index (χ3v) is 5.49. The van der Waals surface area contributed by atoms with Crippen LogP contribution in [0, 0.1) is 11.6 Å². The average Bonchev–Trinajstić information content (AvgIpc) is 3.17. The molecule has 1 atom stereocenters. The van der Waals surface area contributed by atoms with Gasteiger partial charge >= 0.3 is 0 Å². The second-order valence-electron chi connectivity index (χ2n) is 7.92. The molecule has 7 heteroatoms. The van der Waals surface area contributed by atoms with E-state index in [4.69, 9.17) is 4.74 Å². The molecular formula is C26H26F2N2O3. The molecule has 0 saturated carbocycles. The zero-order valence-electron chi connectivity index (χ0n) is 18.1. The molecular weight excluding hydrogens is 426 g/mol. The molecule has 1 unspecified atom stereocenters. The lowest BCUT2D eigenvalue weighted by molar-refractivity contribution is -0.000488. The van der Waals surface area contributed by atoms with Crippen molar-refractivity contribution in [3.05, 3.63) is 101 Å². The van der Waals surface area contributed by atoms with E-state index >= 15 is 0 Å². The largest absolute Gasteiger partial charge is 0.396 e. The van der Waals surface area contributed by atoms with Crippen molar-refractivity contribution in [3.63, 3.8) is 0 Å². The summed E-state index contributed by atoms with van der Waals surface area (Å²) in [4.78, 5) is 4.64. The van der Waals surface area contributed by atoms with Crippen molar-refractivity contribution in [2.75, 3.05) is 13.2 Å². The van der Waals surface area contributed by atoms with Gasteiger partial charge in [0.25, 0.3) is 0 Å². The Kier molecular flexibility index (Phi) is 7.44. The summed E-state index contributed by atoms with van der Waals surface area (Å²) in [5, 5.41) is 20.0. The number of ether oxygens (including phenoxy) is 1. The Morgan fingerprint density at radius 3 is 2.09 bits per heavy atom. The van der Waals surface area contributed by atoms with Crippen molar-refractivity contribution in [1.29, 1.82) is 0 Å². The fraction of sp³-hybridized carbons (Fsp3) is 0.269. The van der Waals surface area contributed by atoms with Crippen LogP contribution < -0.4 is 0 Å². The number of para-hydroxylation sites is 2. The summed E-state index contributed by atoms with van der Waals surface area (Å²) in [5.74, 6) is 0.0657. The van der Waals surface area contributed by atoms with E-state index in [-0.39, 0.29) is 31.4 Å². The summed E-state index contributed by atoms with van der Waals surface area (Å²) in [7, 11) is 0. The molecule has 1 heterocycles. The third-order valence-electron chi connectivity index (χ3n) is 5.49. The van der Waals surface area contributed by atoms with E-state index in [1.54, 1.807) is 24.3 Å². The van der Waals surface area contributed by atoms with Gasteiger partial charge in [-0.15, -0.1) is 0 Å². The van der Waals surface area contributed by atoms with Gasteiger partial charge in [0.2, 0.25) is 0 Å². The van der Waals surface area contributed by atoms with Crippen LogP contribution in [0.5, 0.6) is 0 Å². The summed E-state index contributed by atoms with van der Waals surface area (Å²) in [6.45, 7) is 0.331. The fourth-order valence-corrected chi connectivity index (χ4v) is 3.89. The van der Waals surface area contributed by atoms with Gasteiger partial charge in [0.1, 0.15) is 23.6 Å². The van der Waals surface area contributed by atoms with E-state index in [0.29, 0.717) is 24.0 Å². The molecule has 0 aliphatic heterocycles. The molecule has 4 aromatic rings. The number of aromatic nitrogens is 2. The van der Waals surface area contributed by atoms with E-state index in [9.17, 15) is 19.0 Å². The number of imidazole rings is 1. The molecule has 0 aliphatic carbocycles. The maximum Gasteiger partial charge on any atom is 0.123 e. The Morgan fingerprint density at radius 1 is 0.879 bits per heavy atom. The van der Waals surface area contributed by atoms with Crippen molar-refractivity contribution in [1.82, 2.24) is 9.55 Å². The summed E-state index contributed by atoms with van der Waals surface area (Å²) in [5.41, 5.74) is 3.13. The Morgan fingerprint density at radius 2 is 1.48 bits per heavy atom. The van der Waals surface area contributed by atoms with Crippen molar-refractivity contribution in [2.45, 2.75) is 31.6 Å². The van der Waals surface area contributed by atoms with Gasteiger partial charge in [-0.2, -0.15) is 0 Å². The van der Waals surface area contributed by atoms with Gasteiger partial charge in [-0.3, -0.25) is 0 Å². The zero-order valence-corrected chi connectivity index (χ0v) is 18.1. The van der Waals surface area contributed by atoms with Gasteiger partial charge in [-0.25, -0.2) is 13.8 Å². The van der Waals surface area contributed by atoms with Crippen LogP contribution in [0.4, 0.5) is 8.78 Å². The molecule has 0 fully saturated rings. The molecule has 1 aromatic heterocycles. The molecule has 0 radical (unpaired) electrons. The van der Waals surface area contributed by atoms with E-state index in [1.165, 1.54) is 24.3 Å². The first-order valence-electron chi connectivity index (χ1n) is 10.9. The lowest BCUT2D eigenvalue weighted by Gasteiger charge is -2.22. The van der Waals surface area contributed by atoms with Crippen LogP contribution in [-0.4, -0.2) is 39.1 Å². The Bertz CT molecular complexity index is 1130. The molecule has 3 aromatic carbocycles. The van der Waals surface area contributed by atoms with Gasteiger partial charge < -0.3 is 19.5 Å². The highest BCUT2D eigenvalue weighted by atomic mass is 19.1. The lowest BCUT2D eigenvalue weighted by Crippen LogP contribution is -2.24. The molecule has 0 spiro atoms. The van der Waals surface area contributed by atoms with Gasteiger partial charge in [0, 0.05) is 13.0 Å². The predicted molar refractivity (Wildman–Crippen MR) is 122 cm³/mol. The molecule has 172 valence electrons. The number of aryl methyl sites for hydroxylation is 1. The number of nitrogens with zero attached hydrogens (tertiary/aromatic N) is 2. The summed E-state index contributed by atoms with van der Waals surface area (Å²) < 4.78 is 34.9.